The van der Waals surface area contributed by atoms with Gasteiger partial charge in [-0.2, -0.15) is 0 Å². The van der Waals surface area contributed by atoms with Crippen LogP contribution < -0.4 is 0 Å². The third-order valence-corrected chi connectivity index (χ3v) is 2.46. The van der Waals surface area contributed by atoms with Crippen LogP contribution in [0.4, 0.5) is 0 Å². The molecule has 0 nitrogen and oxygen atoms in total. The van der Waals surface area contributed by atoms with E-state index in [4.69, 9.17) is 0 Å². The van der Waals surface area contributed by atoms with Crippen molar-refractivity contribution in [3.63, 3.8) is 0 Å². The number of hydrogen-bond donors (Lipinski definition) is 0. The van der Waals surface area contributed by atoms with Gasteiger partial charge in [0.2, 0.25) is 0 Å². The molecule has 0 aliphatic rings. The van der Waals surface area contributed by atoms with E-state index in [0.29, 0.717) is 0 Å². The first-order valence-electron chi connectivity index (χ1n) is 5.91. The predicted octanol–water partition coefficient (Wildman–Crippen LogP) is 3.74. The molecule has 0 fully saturated rings. The zero-order valence-electron chi connectivity index (χ0n) is 9.07. The molecule has 0 bridgehead atoms. The van der Waals surface area contributed by atoms with Crippen molar-refractivity contribution in [1.29, 1.82) is 0 Å². The second-order valence-corrected chi connectivity index (χ2v) is 3.83. The van der Waals surface area contributed by atoms with Crippen molar-refractivity contribution in [1.82, 2.24) is 0 Å². The van der Waals surface area contributed by atoms with Gasteiger partial charge in [0.15, 0.2) is 17.4 Å². The molecule has 13 heavy (non-hydrogen) atoms. The van der Waals surface area contributed by atoms with E-state index in [9.17, 15) is 0 Å². The van der Waals surface area contributed by atoms with E-state index in [0.717, 1.165) is 0 Å². The van der Waals surface area contributed by atoms with E-state index in [-0.39, 0.29) is 17.4 Å². The van der Waals surface area contributed by atoms with Gasteiger partial charge in [0.25, 0.3) is 0 Å². The van der Waals surface area contributed by atoms with E-state index >= 15 is 0 Å². The SMILES string of the molecule is CCCCCCCCCCCC.[AlH3]. The van der Waals surface area contributed by atoms with Crippen LogP contribution in [0.5, 0.6) is 0 Å². The molecule has 0 saturated carbocycles. The number of rotatable bonds is 9. The van der Waals surface area contributed by atoms with Crippen molar-refractivity contribution in [2.75, 3.05) is 0 Å². The highest BCUT2D eigenvalue weighted by Gasteiger charge is 1.90. The molecular formula is C12H29Al. The van der Waals surface area contributed by atoms with E-state index in [1.54, 1.807) is 0 Å². The van der Waals surface area contributed by atoms with Crippen LogP contribution in [-0.2, 0) is 0 Å². The van der Waals surface area contributed by atoms with Gasteiger partial charge >= 0.3 is 0 Å². The average molecular weight is 200 g/mol. The molecule has 0 aromatic heterocycles. The third-order valence-electron chi connectivity index (χ3n) is 2.46. The molecule has 80 valence electrons. The summed E-state index contributed by atoms with van der Waals surface area (Å²) in [6.07, 6.45) is 14.4. The Hall–Kier alpha value is 0.532. The maximum absolute atomic E-state index is 2.28. The highest BCUT2D eigenvalue weighted by Crippen LogP contribution is 2.09. The quantitative estimate of drug-likeness (QED) is 0.393. The summed E-state index contributed by atoms with van der Waals surface area (Å²) in [4.78, 5) is 0. The Morgan fingerprint density at radius 3 is 0.923 bits per heavy atom. The first kappa shape index (κ1) is 16.0. The highest BCUT2D eigenvalue weighted by atomic mass is 27.0. The summed E-state index contributed by atoms with van der Waals surface area (Å²) in [5.74, 6) is 0. The fourth-order valence-electron chi connectivity index (χ4n) is 1.56. The Bertz CT molecular complexity index is 61.5. The molecule has 0 radical (unpaired) electrons. The lowest BCUT2D eigenvalue weighted by Crippen LogP contribution is -1.80. The highest BCUT2D eigenvalue weighted by molar-refractivity contribution is 5.75. The predicted molar refractivity (Wildman–Crippen MR) is 67.5 cm³/mol. The van der Waals surface area contributed by atoms with Gasteiger partial charge in [-0.1, -0.05) is 78.1 Å². The molecule has 0 spiro atoms. The minimum absolute atomic E-state index is 0. The summed E-state index contributed by atoms with van der Waals surface area (Å²) in [7, 11) is 0. The lowest BCUT2D eigenvalue weighted by Gasteiger charge is -1.99. The number of unbranched alkanes of at least 4 members (excludes halogenated alkanes) is 9. The van der Waals surface area contributed by atoms with Gasteiger partial charge in [0, 0.05) is 0 Å². The van der Waals surface area contributed by atoms with Crippen LogP contribution in [0.15, 0.2) is 0 Å². The minimum Gasteiger partial charge on any atom is -0.0654 e. The maximum atomic E-state index is 2.28. The van der Waals surface area contributed by atoms with E-state index < -0.39 is 0 Å². The molecule has 0 aliphatic carbocycles. The van der Waals surface area contributed by atoms with Gasteiger partial charge in [0.1, 0.15) is 0 Å². The van der Waals surface area contributed by atoms with Crippen molar-refractivity contribution in [3.8, 4) is 0 Å². The maximum Gasteiger partial charge on any atom is 0.187 e. The molecule has 0 rings (SSSR count). The van der Waals surface area contributed by atoms with Crippen molar-refractivity contribution in [2.45, 2.75) is 78.1 Å². The van der Waals surface area contributed by atoms with Crippen molar-refractivity contribution >= 4 is 17.4 Å². The lowest BCUT2D eigenvalue weighted by atomic mass is 10.1. The normalized spacial score (nSPS) is 9.69. The zero-order chi connectivity index (χ0) is 9.07. The van der Waals surface area contributed by atoms with Crippen LogP contribution in [-0.4, -0.2) is 17.4 Å². The first-order valence-corrected chi connectivity index (χ1v) is 5.91. The average Bonchev–Trinajstić information content (AvgIpc) is 2.10. The Labute approximate surface area is 95.6 Å². The van der Waals surface area contributed by atoms with Crippen LogP contribution in [0, 0.1) is 0 Å². The fraction of sp³-hybridized carbons (Fsp3) is 1.00. The van der Waals surface area contributed by atoms with Crippen LogP contribution in [0.1, 0.15) is 78.1 Å². The topological polar surface area (TPSA) is 0 Å². The summed E-state index contributed by atoms with van der Waals surface area (Å²) in [5, 5.41) is 0. The van der Waals surface area contributed by atoms with Crippen LogP contribution in [0.25, 0.3) is 0 Å². The second kappa shape index (κ2) is 15.0. The third kappa shape index (κ3) is 15.3. The summed E-state index contributed by atoms with van der Waals surface area (Å²) in [6.45, 7) is 4.56. The standard InChI is InChI=1S/C12H26.Al.3H/c1-3-5-7-9-11-12-10-8-6-4-2;;;;/h3-12H2,1-2H3;;;;. The molecule has 0 aromatic rings. The summed E-state index contributed by atoms with van der Waals surface area (Å²) in [5.41, 5.74) is 0. The van der Waals surface area contributed by atoms with E-state index in [2.05, 4.69) is 13.8 Å². The van der Waals surface area contributed by atoms with E-state index in [1.807, 2.05) is 0 Å². The first-order chi connectivity index (χ1) is 5.91. The lowest BCUT2D eigenvalue weighted by molar-refractivity contribution is 0.562. The Morgan fingerprint density at radius 1 is 0.462 bits per heavy atom. The van der Waals surface area contributed by atoms with Crippen molar-refractivity contribution in [3.05, 3.63) is 0 Å². The molecule has 0 atom stereocenters. The van der Waals surface area contributed by atoms with Gasteiger partial charge in [-0.25, -0.2) is 0 Å². The van der Waals surface area contributed by atoms with Crippen LogP contribution in [0.2, 0.25) is 0 Å². The monoisotopic (exact) mass is 200 g/mol. The van der Waals surface area contributed by atoms with Gasteiger partial charge in [-0.3, -0.25) is 0 Å². The van der Waals surface area contributed by atoms with Crippen molar-refractivity contribution < 1.29 is 0 Å². The van der Waals surface area contributed by atoms with E-state index in [1.165, 1.54) is 64.2 Å². The summed E-state index contributed by atoms with van der Waals surface area (Å²) in [6, 6.07) is 0. The van der Waals surface area contributed by atoms with Crippen molar-refractivity contribution in [2.24, 2.45) is 0 Å². The molecule has 0 aliphatic heterocycles. The Kier molecular flexibility index (Phi) is 18.5. The molecule has 0 saturated heterocycles. The van der Waals surface area contributed by atoms with Gasteiger partial charge in [-0.15, -0.1) is 0 Å². The second-order valence-electron chi connectivity index (χ2n) is 3.83. The Balaban J connectivity index is 0. The molecular weight excluding hydrogens is 171 g/mol. The molecule has 1 heteroatoms. The fourth-order valence-corrected chi connectivity index (χ4v) is 1.56. The van der Waals surface area contributed by atoms with Gasteiger partial charge in [0.05, 0.1) is 0 Å². The summed E-state index contributed by atoms with van der Waals surface area (Å²) >= 11 is 0. The molecule has 0 heterocycles. The summed E-state index contributed by atoms with van der Waals surface area (Å²) < 4.78 is 0. The smallest absolute Gasteiger partial charge is 0.0654 e. The van der Waals surface area contributed by atoms with Gasteiger partial charge < -0.3 is 0 Å². The van der Waals surface area contributed by atoms with Gasteiger partial charge in [-0.05, 0) is 0 Å². The zero-order valence-corrected chi connectivity index (χ0v) is 9.07. The molecule has 0 N–H and O–H groups in total. The van der Waals surface area contributed by atoms with Crippen LogP contribution in [0.3, 0.4) is 0 Å². The van der Waals surface area contributed by atoms with Crippen LogP contribution >= 0.6 is 0 Å². The Morgan fingerprint density at radius 2 is 0.692 bits per heavy atom. The molecule has 0 aromatic carbocycles. The minimum atomic E-state index is 0. The molecule has 0 amide bonds. The largest absolute Gasteiger partial charge is 0.187 e. The number of hydrogen-bond acceptors (Lipinski definition) is 0. The molecule has 0 unspecified atom stereocenters.